The SMILES string of the molecule is Cc1c(Cl)nnc(NCCCN2CCCCC2C)c1C. The highest BCUT2D eigenvalue weighted by Crippen LogP contribution is 2.20. The first-order chi connectivity index (χ1) is 9.59. The minimum atomic E-state index is 0.496. The van der Waals surface area contributed by atoms with Crippen LogP contribution in [0.1, 0.15) is 43.7 Å². The number of rotatable bonds is 5. The lowest BCUT2D eigenvalue weighted by Crippen LogP contribution is -2.38. The number of nitrogens with one attached hydrogen (secondary N) is 1. The Balaban J connectivity index is 1.77. The smallest absolute Gasteiger partial charge is 0.155 e. The van der Waals surface area contributed by atoms with Gasteiger partial charge in [-0.3, -0.25) is 0 Å². The van der Waals surface area contributed by atoms with Gasteiger partial charge in [0.1, 0.15) is 0 Å². The molecule has 2 rings (SSSR count). The van der Waals surface area contributed by atoms with Gasteiger partial charge in [0.05, 0.1) is 0 Å². The molecule has 1 saturated heterocycles. The van der Waals surface area contributed by atoms with E-state index in [-0.39, 0.29) is 0 Å². The summed E-state index contributed by atoms with van der Waals surface area (Å²) >= 11 is 5.96. The molecule has 1 aromatic heterocycles. The Labute approximate surface area is 126 Å². The van der Waals surface area contributed by atoms with Gasteiger partial charge in [0.15, 0.2) is 11.0 Å². The third-order valence-corrected chi connectivity index (χ3v) is 4.68. The molecular weight excluding hydrogens is 272 g/mol. The van der Waals surface area contributed by atoms with Gasteiger partial charge in [0.25, 0.3) is 0 Å². The Bertz CT molecular complexity index is 450. The molecule has 4 nitrogen and oxygen atoms in total. The van der Waals surface area contributed by atoms with Crippen molar-refractivity contribution in [3.8, 4) is 0 Å². The molecule has 1 fully saturated rings. The number of halogens is 1. The highest BCUT2D eigenvalue weighted by Gasteiger charge is 2.17. The van der Waals surface area contributed by atoms with Crippen LogP contribution < -0.4 is 5.32 Å². The zero-order chi connectivity index (χ0) is 14.5. The van der Waals surface area contributed by atoms with Crippen molar-refractivity contribution in [2.24, 2.45) is 0 Å². The first-order valence-electron chi connectivity index (χ1n) is 7.57. The fraction of sp³-hybridized carbons (Fsp3) is 0.733. The zero-order valence-electron chi connectivity index (χ0n) is 12.7. The molecular formula is C15H25ClN4. The summed E-state index contributed by atoms with van der Waals surface area (Å²) in [6.45, 7) is 9.69. The molecule has 1 unspecified atom stereocenters. The summed E-state index contributed by atoms with van der Waals surface area (Å²) < 4.78 is 0. The van der Waals surface area contributed by atoms with Crippen molar-refractivity contribution in [3.63, 3.8) is 0 Å². The van der Waals surface area contributed by atoms with Crippen LogP contribution in [0.3, 0.4) is 0 Å². The molecule has 5 heteroatoms. The maximum atomic E-state index is 5.96. The van der Waals surface area contributed by atoms with Crippen molar-refractivity contribution < 1.29 is 0 Å². The van der Waals surface area contributed by atoms with E-state index < -0.39 is 0 Å². The lowest BCUT2D eigenvalue weighted by Gasteiger charge is -2.33. The summed E-state index contributed by atoms with van der Waals surface area (Å²) in [6, 6.07) is 0.739. The van der Waals surface area contributed by atoms with E-state index in [0.717, 1.165) is 42.5 Å². The average molecular weight is 297 g/mol. The fourth-order valence-electron chi connectivity index (χ4n) is 2.72. The predicted molar refractivity (Wildman–Crippen MR) is 84.5 cm³/mol. The van der Waals surface area contributed by atoms with Crippen LogP contribution in [0.5, 0.6) is 0 Å². The molecule has 0 bridgehead atoms. The molecule has 0 spiro atoms. The van der Waals surface area contributed by atoms with Crippen LogP contribution in [0.4, 0.5) is 5.82 Å². The Morgan fingerprint density at radius 1 is 1.25 bits per heavy atom. The third-order valence-electron chi connectivity index (χ3n) is 4.32. The van der Waals surface area contributed by atoms with Crippen molar-refractivity contribution in [2.75, 3.05) is 25.0 Å². The van der Waals surface area contributed by atoms with Crippen LogP contribution in [-0.2, 0) is 0 Å². The molecule has 2 heterocycles. The van der Waals surface area contributed by atoms with E-state index in [4.69, 9.17) is 11.6 Å². The normalized spacial score (nSPS) is 20.1. The number of aromatic nitrogens is 2. The molecule has 0 aliphatic carbocycles. The molecule has 1 aliphatic rings. The quantitative estimate of drug-likeness (QED) is 0.845. The van der Waals surface area contributed by atoms with Crippen LogP contribution in [0.15, 0.2) is 0 Å². The molecule has 0 radical (unpaired) electrons. The number of hydrogen-bond donors (Lipinski definition) is 1. The van der Waals surface area contributed by atoms with Crippen LogP contribution >= 0.6 is 11.6 Å². The Morgan fingerprint density at radius 2 is 2.05 bits per heavy atom. The highest BCUT2D eigenvalue weighted by atomic mass is 35.5. The lowest BCUT2D eigenvalue weighted by molar-refractivity contribution is 0.160. The van der Waals surface area contributed by atoms with Gasteiger partial charge in [-0.25, -0.2) is 0 Å². The number of piperidine rings is 1. The number of hydrogen-bond acceptors (Lipinski definition) is 4. The first-order valence-corrected chi connectivity index (χ1v) is 7.94. The Morgan fingerprint density at radius 3 is 2.80 bits per heavy atom. The van der Waals surface area contributed by atoms with E-state index in [0.29, 0.717) is 5.15 Å². The maximum absolute atomic E-state index is 5.96. The topological polar surface area (TPSA) is 41.1 Å². The van der Waals surface area contributed by atoms with Crippen molar-refractivity contribution in [2.45, 2.75) is 52.5 Å². The van der Waals surface area contributed by atoms with Gasteiger partial charge in [-0.05, 0) is 57.7 Å². The molecule has 0 saturated carbocycles. The summed E-state index contributed by atoms with van der Waals surface area (Å²) in [7, 11) is 0. The minimum Gasteiger partial charge on any atom is -0.368 e. The van der Waals surface area contributed by atoms with E-state index >= 15 is 0 Å². The Hall–Kier alpha value is -0.870. The van der Waals surface area contributed by atoms with Gasteiger partial charge in [0, 0.05) is 19.1 Å². The van der Waals surface area contributed by atoms with Crippen LogP contribution in [0.2, 0.25) is 5.15 Å². The molecule has 1 N–H and O–H groups in total. The Kier molecular flexibility index (Phi) is 5.61. The van der Waals surface area contributed by atoms with Crippen LogP contribution in [0, 0.1) is 13.8 Å². The van der Waals surface area contributed by atoms with Crippen molar-refractivity contribution >= 4 is 17.4 Å². The average Bonchev–Trinajstić information content (AvgIpc) is 2.45. The summed E-state index contributed by atoms with van der Waals surface area (Å²) in [4.78, 5) is 2.59. The molecule has 0 aromatic carbocycles. The van der Waals surface area contributed by atoms with Crippen LogP contribution in [-0.4, -0.2) is 40.8 Å². The summed E-state index contributed by atoms with van der Waals surface area (Å²) in [5.74, 6) is 0.860. The zero-order valence-corrected chi connectivity index (χ0v) is 13.5. The molecule has 1 atom stereocenters. The maximum Gasteiger partial charge on any atom is 0.155 e. The van der Waals surface area contributed by atoms with Gasteiger partial charge < -0.3 is 10.2 Å². The minimum absolute atomic E-state index is 0.496. The standard InChI is InChI=1S/C15H25ClN4/c1-11-7-4-5-9-20(11)10-6-8-17-15-13(3)12(2)14(16)18-19-15/h11H,4-10H2,1-3H3,(H,17,19). The summed E-state index contributed by atoms with van der Waals surface area (Å²) in [5, 5.41) is 12.0. The molecule has 1 aliphatic heterocycles. The van der Waals surface area contributed by atoms with Gasteiger partial charge in [-0.15, -0.1) is 10.2 Å². The second-order valence-electron chi connectivity index (χ2n) is 5.75. The predicted octanol–water partition coefficient (Wildman–Crippen LogP) is 3.42. The lowest BCUT2D eigenvalue weighted by atomic mass is 10.0. The van der Waals surface area contributed by atoms with E-state index in [1.54, 1.807) is 0 Å². The molecule has 112 valence electrons. The second-order valence-corrected chi connectivity index (χ2v) is 6.11. The van der Waals surface area contributed by atoms with Gasteiger partial charge in [0.2, 0.25) is 0 Å². The van der Waals surface area contributed by atoms with Crippen molar-refractivity contribution in [1.82, 2.24) is 15.1 Å². The fourth-order valence-corrected chi connectivity index (χ4v) is 2.90. The van der Waals surface area contributed by atoms with Gasteiger partial charge >= 0.3 is 0 Å². The molecule has 20 heavy (non-hydrogen) atoms. The van der Waals surface area contributed by atoms with Gasteiger partial charge in [-0.1, -0.05) is 18.0 Å². The van der Waals surface area contributed by atoms with E-state index in [1.807, 2.05) is 13.8 Å². The second kappa shape index (κ2) is 7.23. The highest BCUT2D eigenvalue weighted by molar-refractivity contribution is 6.30. The summed E-state index contributed by atoms with van der Waals surface area (Å²) in [5.41, 5.74) is 2.10. The largest absolute Gasteiger partial charge is 0.368 e. The number of nitrogens with zero attached hydrogens (tertiary/aromatic N) is 3. The van der Waals surface area contributed by atoms with E-state index in [1.165, 1.54) is 25.8 Å². The third kappa shape index (κ3) is 3.83. The van der Waals surface area contributed by atoms with Crippen molar-refractivity contribution in [3.05, 3.63) is 16.3 Å². The molecule has 0 amide bonds. The van der Waals surface area contributed by atoms with Gasteiger partial charge in [-0.2, -0.15) is 0 Å². The first kappa shape index (κ1) is 15.5. The number of anilines is 1. The molecule has 1 aromatic rings. The van der Waals surface area contributed by atoms with Crippen molar-refractivity contribution in [1.29, 1.82) is 0 Å². The monoisotopic (exact) mass is 296 g/mol. The van der Waals surface area contributed by atoms with E-state index in [9.17, 15) is 0 Å². The van der Waals surface area contributed by atoms with Crippen LogP contribution in [0.25, 0.3) is 0 Å². The van der Waals surface area contributed by atoms with E-state index in [2.05, 4.69) is 27.3 Å². The number of likely N-dealkylation sites (tertiary alicyclic amines) is 1. The summed E-state index contributed by atoms with van der Waals surface area (Å²) in [6.07, 6.45) is 5.20.